The lowest BCUT2D eigenvalue weighted by Crippen LogP contribution is -2.02. The molecule has 0 radical (unpaired) electrons. The van der Waals surface area contributed by atoms with Crippen LogP contribution >= 0.6 is 0 Å². The predicted octanol–water partition coefficient (Wildman–Crippen LogP) is 1.08. The van der Waals surface area contributed by atoms with Crippen LogP contribution in [0, 0.1) is 0 Å². The summed E-state index contributed by atoms with van der Waals surface area (Å²) >= 11 is 0. The minimum Gasteiger partial charge on any atom is -0.461 e. The van der Waals surface area contributed by atoms with Gasteiger partial charge in [-0.25, -0.2) is 4.68 Å². The van der Waals surface area contributed by atoms with E-state index in [-0.39, 0.29) is 0 Å². The highest BCUT2D eigenvalue weighted by Crippen LogP contribution is 2.20. The highest BCUT2D eigenvalue weighted by atomic mass is 16.5. The van der Waals surface area contributed by atoms with Crippen molar-refractivity contribution in [2.75, 3.05) is 6.54 Å². The first kappa shape index (κ1) is 11.7. The van der Waals surface area contributed by atoms with Crippen LogP contribution in [0.4, 0.5) is 0 Å². The van der Waals surface area contributed by atoms with Crippen molar-refractivity contribution in [1.29, 1.82) is 0 Å². The van der Waals surface area contributed by atoms with E-state index in [1.54, 1.807) is 17.0 Å². The van der Waals surface area contributed by atoms with Gasteiger partial charge < -0.3 is 14.7 Å². The van der Waals surface area contributed by atoms with E-state index in [1.165, 1.54) is 0 Å². The van der Waals surface area contributed by atoms with E-state index in [9.17, 15) is 0 Å². The van der Waals surface area contributed by atoms with Gasteiger partial charge in [-0.3, -0.25) is 0 Å². The van der Waals surface area contributed by atoms with Gasteiger partial charge in [-0.1, -0.05) is 10.4 Å². The van der Waals surface area contributed by atoms with Crippen molar-refractivity contribution in [3.8, 4) is 11.5 Å². The molecule has 0 bridgehead atoms. The second-order valence-electron chi connectivity index (χ2n) is 4.11. The second kappa shape index (κ2) is 5.07. The number of rotatable bonds is 5. The minimum atomic E-state index is 0.502. The van der Waals surface area contributed by atoms with Gasteiger partial charge in [-0.2, -0.15) is 0 Å². The molecule has 0 aliphatic carbocycles. The lowest BCUT2D eigenvalue weighted by molar-refractivity contribution is 0.407. The molecular formula is C12H13N5O2. The molecule has 0 fully saturated rings. The fraction of sp³-hybridized carbons (Fsp3) is 0.250. The van der Waals surface area contributed by atoms with Gasteiger partial charge in [0.1, 0.15) is 5.69 Å². The average molecular weight is 259 g/mol. The number of hydrogen-bond acceptors (Lipinski definition) is 6. The second-order valence-corrected chi connectivity index (χ2v) is 4.11. The van der Waals surface area contributed by atoms with E-state index in [4.69, 9.17) is 14.7 Å². The van der Waals surface area contributed by atoms with Crippen LogP contribution in [-0.2, 0) is 13.0 Å². The van der Waals surface area contributed by atoms with E-state index in [0.29, 0.717) is 24.6 Å². The highest BCUT2D eigenvalue weighted by Gasteiger charge is 2.10. The van der Waals surface area contributed by atoms with Gasteiger partial charge in [0.05, 0.1) is 18.5 Å². The van der Waals surface area contributed by atoms with Crippen LogP contribution in [0.3, 0.4) is 0 Å². The molecule has 3 heterocycles. The van der Waals surface area contributed by atoms with Crippen LogP contribution in [-0.4, -0.2) is 26.7 Å². The Hall–Kier alpha value is -2.41. The summed E-state index contributed by atoms with van der Waals surface area (Å²) in [6, 6.07) is 5.44. The van der Waals surface area contributed by atoms with Crippen molar-refractivity contribution in [2.45, 2.75) is 13.0 Å². The summed E-state index contributed by atoms with van der Waals surface area (Å²) in [5.41, 5.74) is 7.10. The third-order valence-corrected chi connectivity index (χ3v) is 2.63. The standard InChI is InChI=1S/C12H13N5O2/c13-4-3-9-7-17(16-14-9)8-10-6-12(19-15-10)11-2-1-5-18-11/h1-2,5-7H,3-4,8,13H2. The van der Waals surface area contributed by atoms with E-state index in [2.05, 4.69) is 15.5 Å². The van der Waals surface area contributed by atoms with Gasteiger partial charge in [0.15, 0.2) is 5.76 Å². The molecule has 3 rings (SSSR count). The monoisotopic (exact) mass is 259 g/mol. The first-order valence-corrected chi connectivity index (χ1v) is 5.93. The number of nitrogens with zero attached hydrogens (tertiary/aromatic N) is 4. The lowest BCUT2D eigenvalue weighted by atomic mass is 10.3. The molecule has 3 aromatic heterocycles. The molecule has 0 aliphatic rings. The molecule has 0 aliphatic heterocycles. The largest absolute Gasteiger partial charge is 0.461 e. The van der Waals surface area contributed by atoms with Crippen molar-refractivity contribution in [2.24, 2.45) is 5.73 Å². The number of aromatic nitrogens is 4. The molecule has 0 saturated carbocycles. The molecule has 7 heteroatoms. The van der Waals surface area contributed by atoms with E-state index in [0.717, 1.165) is 17.8 Å². The van der Waals surface area contributed by atoms with Crippen molar-refractivity contribution < 1.29 is 8.94 Å². The zero-order chi connectivity index (χ0) is 13.1. The first-order valence-electron chi connectivity index (χ1n) is 5.93. The first-order chi connectivity index (χ1) is 9.35. The zero-order valence-electron chi connectivity index (χ0n) is 10.2. The van der Waals surface area contributed by atoms with E-state index < -0.39 is 0 Å². The molecule has 7 nitrogen and oxygen atoms in total. The van der Waals surface area contributed by atoms with Crippen LogP contribution in [0.1, 0.15) is 11.4 Å². The Balaban J connectivity index is 1.72. The molecule has 0 atom stereocenters. The smallest absolute Gasteiger partial charge is 0.202 e. The molecule has 0 amide bonds. The Labute approximate surface area is 109 Å². The molecule has 98 valence electrons. The summed E-state index contributed by atoms with van der Waals surface area (Å²) in [5.74, 6) is 1.25. The number of hydrogen-bond donors (Lipinski definition) is 1. The molecule has 0 unspecified atom stereocenters. The van der Waals surface area contributed by atoms with Gasteiger partial charge in [0.25, 0.3) is 0 Å². The topological polar surface area (TPSA) is 95.9 Å². The van der Waals surface area contributed by atoms with Gasteiger partial charge in [0, 0.05) is 18.7 Å². The van der Waals surface area contributed by atoms with Crippen molar-refractivity contribution in [3.63, 3.8) is 0 Å². The van der Waals surface area contributed by atoms with Crippen LogP contribution in [0.5, 0.6) is 0 Å². The average Bonchev–Trinajstić information content (AvgIpc) is 3.10. The Morgan fingerprint density at radius 1 is 1.26 bits per heavy atom. The summed E-state index contributed by atoms with van der Waals surface area (Å²) in [4.78, 5) is 0. The van der Waals surface area contributed by atoms with Crippen LogP contribution in [0.2, 0.25) is 0 Å². The highest BCUT2D eigenvalue weighted by molar-refractivity contribution is 5.49. The Bertz CT molecular complexity index is 641. The number of furan rings is 1. The Morgan fingerprint density at radius 2 is 2.21 bits per heavy atom. The predicted molar refractivity (Wildman–Crippen MR) is 66.1 cm³/mol. The Kier molecular flexibility index (Phi) is 3.11. The van der Waals surface area contributed by atoms with Crippen molar-refractivity contribution in [1.82, 2.24) is 20.2 Å². The van der Waals surface area contributed by atoms with Crippen LogP contribution < -0.4 is 5.73 Å². The maximum atomic E-state index is 5.47. The summed E-state index contributed by atoms with van der Waals surface area (Å²) in [6.45, 7) is 1.06. The number of nitrogens with two attached hydrogens (primary N) is 1. The molecular weight excluding hydrogens is 246 g/mol. The molecule has 19 heavy (non-hydrogen) atoms. The van der Waals surface area contributed by atoms with E-state index >= 15 is 0 Å². The van der Waals surface area contributed by atoms with Crippen LogP contribution in [0.25, 0.3) is 11.5 Å². The molecule has 3 aromatic rings. The summed E-state index contributed by atoms with van der Waals surface area (Å²) < 4.78 is 12.2. The molecule has 0 aromatic carbocycles. The third-order valence-electron chi connectivity index (χ3n) is 2.63. The van der Waals surface area contributed by atoms with Gasteiger partial charge in [-0.15, -0.1) is 5.10 Å². The van der Waals surface area contributed by atoms with Crippen molar-refractivity contribution >= 4 is 0 Å². The zero-order valence-corrected chi connectivity index (χ0v) is 10.2. The molecule has 2 N–H and O–H groups in total. The van der Waals surface area contributed by atoms with Gasteiger partial charge >= 0.3 is 0 Å². The molecule has 0 spiro atoms. The Morgan fingerprint density at radius 3 is 3.00 bits per heavy atom. The van der Waals surface area contributed by atoms with Gasteiger partial charge in [0.2, 0.25) is 5.76 Å². The fourth-order valence-corrected chi connectivity index (χ4v) is 1.77. The maximum Gasteiger partial charge on any atom is 0.202 e. The summed E-state index contributed by atoms with van der Waals surface area (Å²) in [7, 11) is 0. The minimum absolute atomic E-state index is 0.502. The third kappa shape index (κ3) is 2.55. The maximum absolute atomic E-state index is 5.47. The quantitative estimate of drug-likeness (QED) is 0.736. The molecule has 0 saturated heterocycles. The summed E-state index contributed by atoms with van der Waals surface area (Å²) in [5, 5.41) is 12.0. The van der Waals surface area contributed by atoms with Crippen LogP contribution in [0.15, 0.2) is 39.6 Å². The summed E-state index contributed by atoms with van der Waals surface area (Å²) in [6.07, 6.45) is 4.17. The fourth-order valence-electron chi connectivity index (χ4n) is 1.77. The normalized spacial score (nSPS) is 11.0. The lowest BCUT2D eigenvalue weighted by Gasteiger charge is -1.93. The SMILES string of the molecule is NCCc1cn(Cc2cc(-c3ccco3)on2)nn1. The van der Waals surface area contributed by atoms with Gasteiger partial charge in [-0.05, 0) is 18.7 Å². The van der Waals surface area contributed by atoms with Crippen molar-refractivity contribution in [3.05, 3.63) is 42.0 Å². The van der Waals surface area contributed by atoms with E-state index in [1.807, 2.05) is 18.3 Å².